The zero-order chi connectivity index (χ0) is 20.9. The Morgan fingerprint density at radius 1 is 1.13 bits per heavy atom. The Labute approximate surface area is 174 Å². The Balaban J connectivity index is 1.60. The van der Waals surface area contributed by atoms with Gasteiger partial charge in [0, 0.05) is 12.6 Å². The van der Waals surface area contributed by atoms with Crippen LogP contribution in [-0.4, -0.2) is 17.4 Å². The van der Waals surface area contributed by atoms with Crippen molar-refractivity contribution in [3.8, 4) is 5.75 Å². The molecular weight excluding hydrogens is 380 g/mol. The number of nitrogens with zero attached hydrogens (tertiary/aromatic N) is 1. The van der Waals surface area contributed by atoms with Crippen molar-refractivity contribution in [1.29, 1.82) is 0 Å². The Morgan fingerprint density at radius 2 is 1.97 bits per heavy atom. The van der Waals surface area contributed by atoms with Crippen molar-refractivity contribution in [2.75, 3.05) is 6.54 Å². The fraction of sp³-hybridized carbons (Fsp3) is 0.208. The van der Waals surface area contributed by atoms with E-state index in [0.717, 1.165) is 28.7 Å². The lowest BCUT2D eigenvalue weighted by atomic mass is 9.84. The number of fused-ring (bicyclic) bond motifs is 1. The number of hydrogen-bond acceptors (Lipinski definition) is 4. The number of carbonyl (C=O) groups excluding carboxylic acids is 1. The lowest BCUT2D eigenvalue weighted by Crippen LogP contribution is -2.31. The van der Waals surface area contributed by atoms with Crippen molar-refractivity contribution < 1.29 is 14.5 Å². The first-order chi connectivity index (χ1) is 14.6. The van der Waals surface area contributed by atoms with E-state index in [1.54, 1.807) is 12.1 Å². The molecule has 6 heteroatoms. The second-order valence-corrected chi connectivity index (χ2v) is 7.32. The van der Waals surface area contributed by atoms with Gasteiger partial charge in [-0.2, -0.15) is 0 Å². The van der Waals surface area contributed by atoms with Crippen molar-refractivity contribution in [2.45, 2.75) is 19.4 Å². The van der Waals surface area contributed by atoms with Crippen molar-refractivity contribution in [3.63, 3.8) is 0 Å². The first kappa shape index (κ1) is 19.6. The summed E-state index contributed by atoms with van der Waals surface area (Å²) in [6.45, 7) is 0.749. The highest BCUT2D eigenvalue weighted by atomic mass is 16.6. The quantitative estimate of drug-likeness (QED) is 0.578. The average Bonchev–Trinajstić information content (AvgIpc) is 2.92. The fourth-order valence-corrected chi connectivity index (χ4v) is 3.80. The molecule has 6 nitrogen and oxygen atoms in total. The number of rotatable bonds is 6. The van der Waals surface area contributed by atoms with E-state index >= 15 is 0 Å². The Bertz CT molecular complexity index is 1050. The predicted molar refractivity (Wildman–Crippen MR) is 114 cm³/mol. The highest BCUT2D eigenvalue weighted by Crippen LogP contribution is 2.34. The van der Waals surface area contributed by atoms with Gasteiger partial charge in [0.2, 0.25) is 5.91 Å². The smallest absolute Gasteiger partial charge is 0.310 e. The number of allylic oxidation sites excluding steroid dienone is 4. The molecule has 0 bridgehead atoms. The third kappa shape index (κ3) is 4.33. The first-order valence-corrected chi connectivity index (χ1v) is 9.89. The lowest BCUT2D eigenvalue weighted by molar-refractivity contribution is -0.386. The Hall–Kier alpha value is -3.67. The summed E-state index contributed by atoms with van der Waals surface area (Å²) in [6, 6.07) is 14.3. The van der Waals surface area contributed by atoms with Gasteiger partial charge in [0.05, 0.1) is 10.8 Å². The second kappa shape index (κ2) is 8.78. The van der Waals surface area contributed by atoms with Gasteiger partial charge in [0.25, 0.3) is 0 Å². The van der Waals surface area contributed by atoms with E-state index in [9.17, 15) is 14.9 Å². The van der Waals surface area contributed by atoms with Gasteiger partial charge in [-0.05, 0) is 41.2 Å². The highest BCUT2D eigenvalue weighted by Gasteiger charge is 2.28. The van der Waals surface area contributed by atoms with E-state index in [2.05, 4.69) is 17.5 Å². The molecule has 4 rings (SSSR count). The molecule has 1 heterocycles. The maximum atomic E-state index is 12.7. The van der Waals surface area contributed by atoms with Crippen LogP contribution in [0.25, 0.3) is 0 Å². The number of hydrogen-bond donors (Lipinski definition) is 1. The Morgan fingerprint density at radius 3 is 2.77 bits per heavy atom. The number of ether oxygens (including phenoxy) is 1. The lowest BCUT2D eigenvalue weighted by Gasteiger charge is -2.21. The molecule has 1 N–H and O–H groups in total. The van der Waals surface area contributed by atoms with Crippen LogP contribution in [0, 0.1) is 16.0 Å². The van der Waals surface area contributed by atoms with E-state index in [1.165, 1.54) is 6.07 Å². The number of nitro benzene ring substituents is 1. The summed E-state index contributed by atoms with van der Waals surface area (Å²) in [4.78, 5) is 23.7. The maximum absolute atomic E-state index is 12.7. The van der Waals surface area contributed by atoms with Gasteiger partial charge >= 0.3 is 5.69 Å². The SMILES string of the molecule is O=C1NCC=C2CC=CC=C2C1Cc1ccc([N+](=O)[O-])c(OCc2ccccc2)c1. The molecule has 0 saturated carbocycles. The van der Waals surface area contributed by atoms with Crippen LogP contribution >= 0.6 is 0 Å². The standard InChI is InChI=1S/C24H22N2O4/c27-24-21(20-9-5-4-8-19(20)12-13-25-24)14-18-10-11-22(26(28)29)23(15-18)30-16-17-6-2-1-3-7-17/h1-7,9-12,15,21H,8,13-14,16H2,(H,25,27). The van der Waals surface area contributed by atoms with Crippen LogP contribution in [0.15, 0.2) is 84.0 Å². The molecule has 1 atom stereocenters. The summed E-state index contributed by atoms with van der Waals surface area (Å²) in [5.74, 6) is -0.163. The summed E-state index contributed by atoms with van der Waals surface area (Å²) >= 11 is 0. The normalized spacial score (nSPS) is 17.9. The molecule has 30 heavy (non-hydrogen) atoms. The summed E-state index contributed by atoms with van der Waals surface area (Å²) in [6.07, 6.45) is 9.35. The number of nitrogens with one attached hydrogen (secondary N) is 1. The maximum Gasteiger partial charge on any atom is 0.310 e. The average molecular weight is 402 g/mol. The van der Waals surface area contributed by atoms with Crippen LogP contribution in [0.4, 0.5) is 5.69 Å². The van der Waals surface area contributed by atoms with Crippen molar-refractivity contribution >= 4 is 11.6 Å². The van der Waals surface area contributed by atoms with Crippen molar-refractivity contribution in [3.05, 3.63) is 105 Å². The van der Waals surface area contributed by atoms with Gasteiger partial charge in [-0.3, -0.25) is 14.9 Å². The van der Waals surface area contributed by atoms with Crippen LogP contribution in [0.2, 0.25) is 0 Å². The highest BCUT2D eigenvalue weighted by molar-refractivity contribution is 5.84. The minimum absolute atomic E-state index is 0.0343. The molecule has 0 spiro atoms. The zero-order valence-corrected chi connectivity index (χ0v) is 16.4. The summed E-state index contributed by atoms with van der Waals surface area (Å²) < 4.78 is 5.79. The molecule has 1 aliphatic carbocycles. The number of amides is 1. The summed E-state index contributed by atoms with van der Waals surface area (Å²) in [5.41, 5.74) is 3.83. The van der Waals surface area contributed by atoms with E-state index in [4.69, 9.17) is 4.74 Å². The van der Waals surface area contributed by atoms with E-state index in [0.29, 0.717) is 13.0 Å². The monoisotopic (exact) mass is 402 g/mol. The minimum Gasteiger partial charge on any atom is -0.482 e. The van der Waals surface area contributed by atoms with E-state index in [-0.39, 0.29) is 29.9 Å². The van der Waals surface area contributed by atoms with Crippen molar-refractivity contribution in [1.82, 2.24) is 5.32 Å². The first-order valence-electron chi connectivity index (χ1n) is 9.89. The van der Waals surface area contributed by atoms with Crippen LogP contribution in [0.3, 0.4) is 0 Å². The van der Waals surface area contributed by atoms with Gasteiger partial charge < -0.3 is 10.1 Å². The summed E-state index contributed by atoms with van der Waals surface area (Å²) in [5, 5.41) is 14.4. The van der Waals surface area contributed by atoms with Crippen molar-refractivity contribution in [2.24, 2.45) is 5.92 Å². The van der Waals surface area contributed by atoms with E-state index in [1.807, 2.05) is 42.5 Å². The molecule has 2 aromatic rings. The van der Waals surface area contributed by atoms with Gasteiger partial charge in [0.1, 0.15) is 6.61 Å². The minimum atomic E-state index is -0.447. The van der Waals surface area contributed by atoms with Gasteiger partial charge in [-0.15, -0.1) is 0 Å². The molecule has 1 amide bonds. The molecular formula is C24H22N2O4. The van der Waals surface area contributed by atoms with Crippen LogP contribution in [0.1, 0.15) is 17.5 Å². The number of carbonyl (C=O) groups is 1. The molecule has 1 aliphatic heterocycles. The topological polar surface area (TPSA) is 81.5 Å². The van der Waals surface area contributed by atoms with Crippen LogP contribution in [0.5, 0.6) is 5.75 Å². The largest absolute Gasteiger partial charge is 0.482 e. The predicted octanol–water partition coefficient (Wildman–Crippen LogP) is 4.28. The molecule has 2 aromatic carbocycles. The third-order valence-electron chi connectivity index (χ3n) is 5.33. The number of nitro groups is 1. The summed E-state index contributed by atoms with van der Waals surface area (Å²) in [7, 11) is 0. The molecule has 0 aromatic heterocycles. The molecule has 0 radical (unpaired) electrons. The Kier molecular flexibility index (Phi) is 5.75. The zero-order valence-electron chi connectivity index (χ0n) is 16.4. The van der Waals surface area contributed by atoms with Gasteiger partial charge in [-0.25, -0.2) is 0 Å². The molecule has 1 unspecified atom stereocenters. The molecule has 0 fully saturated rings. The number of benzene rings is 2. The third-order valence-corrected chi connectivity index (χ3v) is 5.33. The van der Waals surface area contributed by atoms with Crippen LogP contribution < -0.4 is 10.1 Å². The molecule has 0 saturated heterocycles. The molecule has 2 aliphatic rings. The van der Waals surface area contributed by atoms with Crippen LogP contribution in [-0.2, 0) is 17.8 Å². The van der Waals surface area contributed by atoms with Gasteiger partial charge in [-0.1, -0.05) is 60.7 Å². The van der Waals surface area contributed by atoms with Gasteiger partial charge in [0.15, 0.2) is 5.75 Å². The molecule has 152 valence electrons. The van der Waals surface area contributed by atoms with E-state index < -0.39 is 4.92 Å². The fourth-order valence-electron chi connectivity index (χ4n) is 3.80. The second-order valence-electron chi connectivity index (χ2n) is 7.32.